The predicted octanol–water partition coefficient (Wildman–Crippen LogP) is 15.1. The number of rotatable bonds is 7. The molecule has 3 aromatic heterocycles. The fraction of sp³-hybridized carbons (Fsp3) is 0.427. The average molecular weight is 1220 g/mol. The second kappa shape index (κ2) is 41.4. The van der Waals surface area contributed by atoms with Crippen LogP contribution in [0.25, 0.3) is 0 Å². The first-order chi connectivity index (χ1) is 43.3. The summed E-state index contributed by atoms with van der Waals surface area (Å²) in [6.07, 6.45) is 14.9. The van der Waals surface area contributed by atoms with Crippen molar-refractivity contribution in [3.8, 4) is 12.1 Å². The van der Waals surface area contributed by atoms with E-state index in [0.717, 1.165) is 91.2 Å². The van der Waals surface area contributed by atoms with Crippen molar-refractivity contribution in [2.45, 2.75) is 200 Å². The van der Waals surface area contributed by atoms with Crippen molar-refractivity contribution in [2.24, 2.45) is 16.5 Å². The zero-order valence-corrected chi connectivity index (χ0v) is 58.0. The molecule has 0 atom stereocenters. The number of hydrogen-bond donors (Lipinski definition) is 4. The number of aliphatic imine (C=N–C) groups is 1. The minimum absolute atomic E-state index is 0.349. The van der Waals surface area contributed by atoms with Crippen LogP contribution in [0.5, 0.6) is 0 Å². The number of benzene rings is 4. The number of fused-ring (bicyclic) bond motifs is 4. The molecule has 0 unspecified atom stereocenters. The van der Waals surface area contributed by atoms with Gasteiger partial charge < -0.3 is 31.0 Å². The highest BCUT2D eigenvalue weighted by molar-refractivity contribution is 5.51. The summed E-state index contributed by atoms with van der Waals surface area (Å²) in [6.45, 7) is 35.0. The molecular weight excluding hydrogens is 1110 g/mol. The van der Waals surface area contributed by atoms with Gasteiger partial charge in [-0.3, -0.25) is 5.41 Å². The molecule has 90 heavy (non-hydrogen) atoms. The van der Waals surface area contributed by atoms with E-state index in [-0.39, 0.29) is 0 Å². The molecule has 4 aromatic carbocycles. The smallest absolute Gasteiger partial charge is 0.173 e. The van der Waals surface area contributed by atoms with Crippen LogP contribution in [0, 0.1) is 69.6 Å². The summed E-state index contributed by atoms with van der Waals surface area (Å²) in [5, 5.41) is 28.3. The predicted molar refractivity (Wildman–Crippen MR) is 376 cm³/mol. The molecule has 4 aliphatic carbocycles. The van der Waals surface area contributed by atoms with E-state index in [1.54, 1.807) is 40.3 Å². The molecule has 0 saturated carbocycles. The van der Waals surface area contributed by atoms with E-state index in [2.05, 4.69) is 163 Å². The van der Waals surface area contributed by atoms with E-state index in [1.165, 1.54) is 63.6 Å². The van der Waals surface area contributed by atoms with Crippen molar-refractivity contribution in [3.63, 3.8) is 0 Å². The SMILES string of the molecule is C/C(N)=C(\C)C#N.CC.CC.CC.CC.COC=N/C(C)=C(/C)C#N.Cc1ncn(C2Cc3ccccc3C2)c(=N)c1C.Cc1ncnc(N(C)C2Cc3ccccc3C2)c1C.Cc1ncnc(NC2Cc3ccccc3C2)c1C.NC1Cc2ccccc2C1. The lowest BCUT2D eigenvalue weighted by atomic mass is 10.1. The van der Waals surface area contributed by atoms with E-state index in [0.29, 0.717) is 52.2 Å². The van der Waals surface area contributed by atoms with Gasteiger partial charge in [0.2, 0.25) is 0 Å². The Hall–Kier alpha value is -8.79. The van der Waals surface area contributed by atoms with E-state index < -0.39 is 0 Å². The molecule has 6 N–H and O–H groups in total. The Morgan fingerprint density at radius 3 is 1.38 bits per heavy atom. The van der Waals surface area contributed by atoms with Crippen LogP contribution in [0.1, 0.15) is 167 Å². The number of aryl methyl sites for hydroxylation is 3. The van der Waals surface area contributed by atoms with Gasteiger partial charge in [0.05, 0.1) is 31.3 Å². The number of hydrogen-bond acceptors (Lipinski definition) is 14. The fourth-order valence-corrected chi connectivity index (χ4v) is 10.1. The maximum atomic E-state index is 8.38. The van der Waals surface area contributed by atoms with Crippen LogP contribution >= 0.6 is 0 Å². The first kappa shape index (κ1) is 77.3. The number of methoxy groups -OCH3 is 1. The number of nitrogens with two attached hydrogens (primary N) is 2. The Kier molecular flexibility index (Phi) is 35.6. The second-order valence-corrected chi connectivity index (χ2v) is 21.5. The largest absolute Gasteiger partial charge is 0.486 e. The first-order valence-corrected chi connectivity index (χ1v) is 32.0. The number of anilines is 2. The molecule has 0 amide bonds. The summed E-state index contributed by atoms with van der Waals surface area (Å²) in [6, 6.07) is 40.0. The number of nitriles is 2. The van der Waals surface area contributed by atoms with Crippen LogP contribution in [-0.4, -0.2) is 68.2 Å². The Balaban J connectivity index is 0.000000370. The monoisotopic (exact) mass is 1220 g/mol. The van der Waals surface area contributed by atoms with Gasteiger partial charge in [0, 0.05) is 81.8 Å². The van der Waals surface area contributed by atoms with Gasteiger partial charge in [-0.25, -0.2) is 29.9 Å². The number of nitrogens with one attached hydrogen (secondary N) is 2. The van der Waals surface area contributed by atoms with Crippen molar-refractivity contribution < 1.29 is 4.74 Å². The quantitative estimate of drug-likeness (QED) is 0.0663. The molecule has 4 aliphatic rings. The molecule has 0 radical (unpaired) electrons. The van der Waals surface area contributed by atoms with Gasteiger partial charge in [0.25, 0.3) is 0 Å². The summed E-state index contributed by atoms with van der Waals surface area (Å²) in [5.41, 5.74) is 32.0. The number of aromatic nitrogens is 6. The van der Waals surface area contributed by atoms with Crippen molar-refractivity contribution in [3.05, 3.63) is 222 Å². The number of ether oxygens (including phenoxy) is 1. The van der Waals surface area contributed by atoms with Crippen molar-refractivity contribution >= 4 is 18.0 Å². The minimum Gasteiger partial charge on any atom is -0.486 e. The highest BCUT2D eigenvalue weighted by atomic mass is 16.5. The molecule has 0 spiro atoms. The normalized spacial score (nSPS) is 13.5. The molecule has 0 fully saturated rings. The zero-order valence-electron chi connectivity index (χ0n) is 58.0. The average Bonchev–Trinajstić information content (AvgIpc) is 2.18. The summed E-state index contributed by atoms with van der Waals surface area (Å²) >= 11 is 0. The summed E-state index contributed by atoms with van der Waals surface area (Å²) in [5.74, 6) is 2.03. The maximum absolute atomic E-state index is 8.38. The van der Waals surface area contributed by atoms with Gasteiger partial charge in [-0.1, -0.05) is 152 Å². The molecule has 0 bridgehead atoms. The molecule has 482 valence electrons. The molecule has 11 rings (SSSR count). The molecule has 7 aromatic rings. The van der Waals surface area contributed by atoms with Gasteiger partial charge in [-0.05, 0) is 165 Å². The minimum atomic E-state index is 0.349. The van der Waals surface area contributed by atoms with Crippen molar-refractivity contribution in [1.29, 1.82) is 15.9 Å². The Bertz CT molecular complexity index is 3440. The summed E-state index contributed by atoms with van der Waals surface area (Å²) in [7, 11) is 3.66. The Morgan fingerprint density at radius 1 is 0.578 bits per heavy atom. The number of nitrogens with zero attached hydrogens (tertiary/aromatic N) is 10. The molecule has 0 saturated heterocycles. The highest BCUT2D eigenvalue weighted by Crippen LogP contribution is 2.31. The van der Waals surface area contributed by atoms with Crippen LogP contribution in [0.2, 0.25) is 0 Å². The zero-order chi connectivity index (χ0) is 67.5. The van der Waals surface area contributed by atoms with Crippen molar-refractivity contribution in [1.82, 2.24) is 29.5 Å². The van der Waals surface area contributed by atoms with Crippen molar-refractivity contribution in [2.75, 3.05) is 24.4 Å². The lowest BCUT2D eigenvalue weighted by Crippen LogP contribution is -2.33. The van der Waals surface area contributed by atoms with Gasteiger partial charge >= 0.3 is 0 Å². The van der Waals surface area contributed by atoms with E-state index in [4.69, 9.17) is 27.4 Å². The van der Waals surface area contributed by atoms with Crippen LogP contribution in [0.4, 0.5) is 11.6 Å². The fourth-order valence-electron chi connectivity index (χ4n) is 10.1. The number of likely N-dealkylation sites (N-methyl/N-ethyl adjacent to an activating group) is 1. The van der Waals surface area contributed by atoms with Gasteiger partial charge in [0.15, 0.2) is 6.40 Å². The van der Waals surface area contributed by atoms with Crippen LogP contribution < -0.4 is 27.2 Å². The third kappa shape index (κ3) is 23.3. The van der Waals surface area contributed by atoms with E-state index >= 15 is 0 Å². The molecule has 3 heterocycles. The maximum Gasteiger partial charge on any atom is 0.173 e. The standard InChI is InChI=1S/C16H19N3.2C15H17N3.C9H11N.C7H10N2O.C5H8N2.4C2H6/c1-11-12(2)17-10-18-16(11)19(3)15-8-13-6-4-5-7-14(13)9-15;1-10-11(2)17-9-18(15(10)16)14-7-12-5-3-4-6-13(12)8-14;1-10-11(2)16-9-17-15(10)18-14-7-12-5-3-4-6-13(12)8-14;10-9-5-7-3-1-2-4-8(7)6-9;1-6(4-8)7(2)9-5-10-3;1-4(3-6)5(2)7;4*1-2/h4-7,10,15H,8-9H2,1-3H3;3-6,9,14,16H,7-8H2,1-2H3;3-6,9,14H,7-8H2,1-2H3,(H,16,17,18);1-4,9H,5-6,10H2;5H,1-3H3;7H2,1-2H3;4*1-2H3/b;;;;7-6-,9-5?;5-4-;;;;. The highest BCUT2D eigenvalue weighted by Gasteiger charge is 2.27. The van der Waals surface area contributed by atoms with Gasteiger partial charge in [-0.2, -0.15) is 10.5 Å². The lowest BCUT2D eigenvalue weighted by Gasteiger charge is -2.27. The van der Waals surface area contributed by atoms with E-state index in [1.807, 2.05) is 106 Å². The van der Waals surface area contributed by atoms with Gasteiger partial charge in [0.1, 0.15) is 29.8 Å². The van der Waals surface area contributed by atoms with Crippen LogP contribution in [0.3, 0.4) is 0 Å². The lowest BCUT2D eigenvalue weighted by molar-refractivity contribution is 0.422. The third-order valence-electron chi connectivity index (χ3n) is 15.8. The summed E-state index contributed by atoms with van der Waals surface area (Å²) < 4.78 is 6.59. The van der Waals surface area contributed by atoms with Crippen LogP contribution in [0.15, 0.2) is 144 Å². The third-order valence-corrected chi connectivity index (χ3v) is 15.8. The topological polar surface area (TPSA) is 230 Å². The molecule has 15 heteroatoms. The van der Waals surface area contributed by atoms with E-state index in [9.17, 15) is 0 Å². The molecular formula is C75H106N14O. The van der Waals surface area contributed by atoms with Gasteiger partial charge in [-0.15, -0.1) is 0 Å². The Labute approximate surface area is 541 Å². The molecule has 15 nitrogen and oxygen atoms in total. The first-order valence-electron chi connectivity index (χ1n) is 32.0. The summed E-state index contributed by atoms with van der Waals surface area (Å²) in [4.78, 5) is 27.8. The number of allylic oxidation sites excluding steroid dienone is 4. The Morgan fingerprint density at radius 2 is 0.967 bits per heavy atom. The second-order valence-electron chi connectivity index (χ2n) is 21.5. The van der Waals surface area contributed by atoms with Crippen LogP contribution in [-0.2, 0) is 56.1 Å². The molecule has 0 aliphatic heterocycles.